The normalized spacial score (nSPS) is 11.4. The predicted octanol–water partition coefficient (Wildman–Crippen LogP) is 2.33. The van der Waals surface area contributed by atoms with Crippen LogP contribution in [0.25, 0.3) is 0 Å². The second kappa shape index (κ2) is 11.6. The van der Waals surface area contributed by atoms with Gasteiger partial charge < -0.3 is 16.0 Å². The Balaban J connectivity index is 0.00000484. The molecule has 1 amide bonds. The molecule has 0 heterocycles. The lowest BCUT2D eigenvalue weighted by Gasteiger charge is -2.24. The van der Waals surface area contributed by atoms with E-state index in [0.717, 1.165) is 12.3 Å². The van der Waals surface area contributed by atoms with Crippen molar-refractivity contribution in [3.05, 3.63) is 30.3 Å². The first-order chi connectivity index (χ1) is 10.5. The molecule has 0 unspecified atom stereocenters. The fourth-order valence-corrected chi connectivity index (χ4v) is 2.59. The van der Waals surface area contributed by atoms with Gasteiger partial charge in [-0.1, -0.05) is 18.2 Å². The van der Waals surface area contributed by atoms with Crippen LogP contribution in [0.2, 0.25) is 0 Å². The van der Waals surface area contributed by atoms with Crippen molar-refractivity contribution in [3.63, 3.8) is 0 Å². The number of nitrogens with one attached hydrogen (secondary N) is 3. The zero-order valence-electron chi connectivity index (χ0n) is 14.2. The molecular formula is C16H27IN4OS. The van der Waals surface area contributed by atoms with Crippen LogP contribution in [-0.2, 0) is 4.79 Å². The van der Waals surface area contributed by atoms with Crippen molar-refractivity contribution in [1.82, 2.24) is 16.0 Å². The van der Waals surface area contributed by atoms with E-state index in [1.807, 2.05) is 32.0 Å². The number of hydrogen-bond acceptors (Lipinski definition) is 3. The van der Waals surface area contributed by atoms with Gasteiger partial charge in [-0.25, -0.2) is 0 Å². The molecule has 0 spiro atoms. The topological polar surface area (TPSA) is 65.5 Å². The molecule has 0 bridgehead atoms. The fourth-order valence-electron chi connectivity index (χ4n) is 1.80. The van der Waals surface area contributed by atoms with Crippen molar-refractivity contribution in [2.45, 2.75) is 18.7 Å². The third-order valence-corrected chi connectivity index (χ3v) is 4.18. The summed E-state index contributed by atoms with van der Waals surface area (Å²) in [5.74, 6) is 1.67. The minimum atomic E-state index is -0.481. The van der Waals surface area contributed by atoms with E-state index in [-0.39, 0.29) is 29.9 Å². The number of aliphatic imine (C=N–C) groups is 1. The summed E-state index contributed by atoms with van der Waals surface area (Å²) in [5, 5.41) is 9.12. The van der Waals surface area contributed by atoms with Gasteiger partial charge in [-0.3, -0.25) is 9.79 Å². The molecule has 0 atom stereocenters. The molecule has 1 rings (SSSR count). The highest BCUT2D eigenvalue weighted by Crippen LogP contribution is 2.15. The van der Waals surface area contributed by atoms with Gasteiger partial charge in [0, 0.05) is 37.8 Å². The van der Waals surface area contributed by atoms with Gasteiger partial charge in [0.25, 0.3) is 0 Å². The highest BCUT2D eigenvalue weighted by Gasteiger charge is 2.26. The Kier molecular flexibility index (Phi) is 11.1. The van der Waals surface area contributed by atoms with E-state index in [9.17, 15) is 4.79 Å². The summed E-state index contributed by atoms with van der Waals surface area (Å²) in [4.78, 5) is 17.2. The van der Waals surface area contributed by atoms with Crippen molar-refractivity contribution in [1.29, 1.82) is 0 Å². The Morgan fingerprint density at radius 2 is 1.87 bits per heavy atom. The number of carbonyl (C=O) groups excluding carboxylic acids is 1. The molecule has 3 N–H and O–H groups in total. The van der Waals surface area contributed by atoms with Gasteiger partial charge in [0.2, 0.25) is 5.91 Å². The number of amides is 1. The molecule has 0 aliphatic carbocycles. The molecule has 0 fully saturated rings. The fraction of sp³-hybridized carbons (Fsp3) is 0.500. The summed E-state index contributed by atoms with van der Waals surface area (Å²) in [5.41, 5.74) is -0.481. The summed E-state index contributed by atoms with van der Waals surface area (Å²) in [6.07, 6.45) is 0. The van der Waals surface area contributed by atoms with Gasteiger partial charge in [-0.05, 0) is 26.0 Å². The molecule has 1 aromatic rings. The molecule has 130 valence electrons. The number of guanidine groups is 1. The monoisotopic (exact) mass is 450 g/mol. The summed E-state index contributed by atoms with van der Waals surface area (Å²) in [7, 11) is 3.38. The van der Waals surface area contributed by atoms with Crippen LogP contribution in [0.3, 0.4) is 0 Å². The second-order valence-electron chi connectivity index (χ2n) is 5.48. The maximum Gasteiger partial charge on any atom is 0.227 e. The van der Waals surface area contributed by atoms with Gasteiger partial charge >= 0.3 is 0 Å². The second-order valence-corrected chi connectivity index (χ2v) is 6.65. The Bertz CT molecular complexity index is 494. The van der Waals surface area contributed by atoms with Gasteiger partial charge in [-0.2, -0.15) is 0 Å². The molecule has 5 nitrogen and oxygen atoms in total. The highest BCUT2D eigenvalue weighted by atomic mass is 127. The van der Waals surface area contributed by atoms with Crippen molar-refractivity contribution in [2.24, 2.45) is 10.4 Å². The number of benzene rings is 1. The molecule has 0 aromatic heterocycles. The van der Waals surface area contributed by atoms with Crippen LogP contribution in [0.1, 0.15) is 13.8 Å². The first-order valence-electron chi connectivity index (χ1n) is 7.34. The van der Waals surface area contributed by atoms with Crippen LogP contribution in [0, 0.1) is 5.41 Å². The molecule has 0 aliphatic heterocycles. The highest BCUT2D eigenvalue weighted by molar-refractivity contribution is 14.0. The molecule has 23 heavy (non-hydrogen) atoms. The maximum absolute atomic E-state index is 11.7. The Morgan fingerprint density at radius 1 is 1.22 bits per heavy atom. The third kappa shape index (κ3) is 8.45. The Hall–Kier alpha value is -0.960. The quantitative estimate of drug-likeness (QED) is 0.196. The van der Waals surface area contributed by atoms with Crippen molar-refractivity contribution < 1.29 is 4.79 Å². The molecule has 0 radical (unpaired) electrons. The number of hydrogen-bond donors (Lipinski definition) is 3. The van der Waals surface area contributed by atoms with Crippen LogP contribution >= 0.6 is 35.7 Å². The largest absolute Gasteiger partial charge is 0.359 e. The number of nitrogens with zero attached hydrogens (tertiary/aromatic N) is 1. The van der Waals surface area contributed by atoms with Gasteiger partial charge in [0.05, 0.1) is 5.41 Å². The predicted molar refractivity (Wildman–Crippen MR) is 110 cm³/mol. The maximum atomic E-state index is 11.7. The van der Waals surface area contributed by atoms with Crippen LogP contribution < -0.4 is 16.0 Å². The number of carbonyl (C=O) groups is 1. The lowest BCUT2D eigenvalue weighted by molar-refractivity contribution is -0.128. The Labute approximate surface area is 160 Å². The molecule has 0 saturated heterocycles. The SMILES string of the molecule is CN=C(NCCSc1ccccc1)NCC(C)(C)C(=O)NC.I. The van der Waals surface area contributed by atoms with E-state index >= 15 is 0 Å². The van der Waals surface area contributed by atoms with Crippen LogP contribution in [0.15, 0.2) is 40.2 Å². The number of rotatable bonds is 7. The standard InChI is InChI=1S/C16H26N4OS.HI/c1-16(2,14(21)17-3)12-20-15(18-4)19-10-11-22-13-8-6-5-7-9-13;/h5-9H,10-12H2,1-4H3,(H,17,21)(H2,18,19,20);1H. The van der Waals surface area contributed by atoms with E-state index in [0.29, 0.717) is 12.5 Å². The molecule has 0 saturated carbocycles. The molecular weight excluding hydrogens is 423 g/mol. The molecule has 7 heteroatoms. The summed E-state index contributed by atoms with van der Waals surface area (Å²) in [6, 6.07) is 10.3. The molecule has 0 aliphatic rings. The lowest BCUT2D eigenvalue weighted by Crippen LogP contribution is -2.47. The smallest absolute Gasteiger partial charge is 0.227 e. The van der Waals surface area contributed by atoms with Crippen LogP contribution in [-0.4, -0.2) is 44.8 Å². The zero-order valence-corrected chi connectivity index (χ0v) is 17.3. The van der Waals surface area contributed by atoms with Crippen molar-refractivity contribution >= 4 is 47.6 Å². The van der Waals surface area contributed by atoms with E-state index < -0.39 is 5.41 Å². The van der Waals surface area contributed by atoms with Crippen LogP contribution in [0.5, 0.6) is 0 Å². The van der Waals surface area contributed by atoms with Gasteiger partial charge in [0.15, 0.2) is 5.96 Å². The van der Waals surface area contributed by atoms with E-state index in [1.54, 1.807) is 25.9 Å². The third-order valence-electron chi connectivity index (χ3n) is 3.17. The Morgan fingerprint density at radius 3 is 2.43 bits per heavy atom. The van der Waals surface area contributed by atoms with Crippen molar-refractivity contribution in [2.75, 3.05) is 32.9 Å². The lowest BCUT2D eigenvalue weighted by atomic mass is 9.92. The zero-order chi connectivity index (χ0) is 16.4. The average Bonchev–Trinajstić information content (AvgIpc) is 2.54. The van der Waals surface area contributed by atoms with Gasteiger partial charge in [-0.15, -0.1) is 35.7 Å². The number of halogens is 1. The summed E-state index contributed by atoms with van der Waals surface area (Å²) >= 11 is 1.80. The summed E-state index contributed by atoms with van der Waals surface area (Å²) in [6.45, 7) is 5.13. The van der Waals surface area contributed by atoms with Gasteiger partial charge in [0.1, 0.15) is 0 Å². The van der Waals surface area contributed by atoms with E-state index in [4.69, 9.17) is 0 Å². The van der Waals surface area contributed by atoms with Crippen LogP contribution in [0.4, 0.5) is 0 Å². The average molecular weight is 450 g/mol. The summed E-state index contributed by atoms with van der Waals surface area (Å²) < 4.78 is 0. The minimum absolute atomic E-state index is 0. The van der Waals surface area contributed by atoms with Crippen molar-refractivity contribution in [3.8, 4) is 0 Å². The van der Waals surface area contributed by atoms with E-state index in [2.05, 4.69) is 33.1 Å². The van der Waals surface area contributed by atoms with E-state index in [1.165, 1.54) is 4.90 Å². The number of thioether (sulfide) groups is 1. The first kappa shape index (κ1) is 22.0. The molecule has 1 aromatic carbocycles. The minimum Gasteiger partial charge on any atom is -0.359 e. The first-order valence-corrected chi connectivity index (χ1v) is 8.32.